The van der Waals surface area contributed by atoms with Crippen molar-refractivity contribution in [2.24, 2.45) is 0 Å². The molecule has 1 N–H and O–H groups in total. The molecule has 1 atom stereocenters. The van der Waals surface area contributed by atoms with Crippen LogP contribution in [0, 0.1) is 6.92 Å². The molecule has 0 spiro atoms. The number of carbonyl (C=O) groups excluding carboxylic acids is 1. The van der Waals surface area contributed by atoms with Gasteiger partial charge in [0, 0.05) is 56.6 Å². The van der Waals surface area contributed by atoms with Gasteiger partial charge in [0.25, 0.3) is 0 Å². The number of hydrogen-bond acceptors (Lipinski definition) is 3. The third-order valence-corrected chi connectivity index (χ3v) is 6.37. The number of aromatic nitrogens is 2. The zero-order valence-corrected chi connectivity index (χ0v) is 17.0. The first-order chi connectivity index (χ1) is 13.7. The number of aryl methyl sites for hydroxylation is 2. The molecule has 2 amide bonds. The number of benzene rings is 1. The molecule has 1 aliphatic carbocycles. The maximum Gasteiger partial charge on any atom is 0.317 e. The quantitative estimate of drug-likeness (QED) is 0.886. The molecule has 0 radical (unpaired) electrons. The molecule has 0 bridgehead atoms. The highest BCUT2D eigenvalue weighted by molar-refractivity contribution is 5.74. The van der Waals surface area contributed by atoms with Crippen LogP contribution < -0.4 is 5.32 Å². The van der Waals surface area contributed by atoms with Gasteiger partial charge in [0.05, 0.1) is 6.20 Å². The summed E-state index contributed by atoms with van der Waals surface area (Å²) in [7, 11) is 0. The van der Waals surface area contributed by atoms with Gasteiger partial charge in [0.2, 0.25) is 0 Å². The van der Waals surface area contributed by atoms with E-state index < -0.39 is 0 Å². The van der Waals surface area contributed by atoms with Crippen LogP contribution in [0.4, 0.5) is 4.79 Å². The lowest BCUT2D eigenvalue weighted by atomic mass is 9.87. The Morgan fingerprint density at radius 2 is 1.93 bits per heavy atom. The molecule has 2 aliphatic rings. The second-order valence-corrected chi connectivity index (χ2v) is 7.92. The van der Waals surface area contributed by atoms with Gasteiger partial charge in [-0.25, -0.2) is 4.79 Å². The van der Waals surface area contributed by atoms with E-state index in [0.717, 1.165) is 50.4 Å². The summed E-state index contributed by atoms with van der Waals surface area (Å²) in [6, 6.07) is 9.48. The molecule has 1 fully saturated rings. The van der Waals surface area contributed by atoms with Crippen molar-refractivity contribution < 1.29 is 4.79 Å². The van der Waals surface area contributed by atoms with Crippen LogP contribution in [0.1, 0.15) is 35.7 Å². The Balaban J connectivity index is 1.26. The van der Waals surface area contributed by atoms with Crippen molar-refractivity contribution in [2.75, 3.05) is 26.2 Å². The minimum atomic E-state index is 0.0392. The van der Waals surface area contributed by atoms with Crippen molar-refractivity contribution in [2.45, 2.75) is 52.2 Å². The van der Waals surface area contributed by atoms with E-state index in [-0.39, 0.29) is 6.03 Å². The summed E-state index contributed by atoms with van der Waals surface area (Å²) in [5.41, 5.74) is 5.24. The first-order valence-electron chi connectivity index (χ1n) is 10.5. The van der Waals surface area contributed by atoms with Gasteiger partial charge in [-0.1, -0.05) is 24.3 Å². The normalized spacial score (nSPS) is 20.1. The van der Waals surface area contributed by atoms with Crippen molar-refractivity contribution in [1.82, 2.24) is 24.9 Å². The molecule has 1 aliphatic heterocycles. The van der Waals surface area contributed by atoms with Crippen LogP contribution in [-0.4, -0.2) is 57.8 Å². The molecule has 2 heterocycles. The predicted octanol–water partition coefficient (Wildman–Crippen LogP) is 2.60. The number of rotatable bonds is 4. The van der Waals surface area contributed by atoms with Gasteiger partial charge in [-0.15, -0.1) is 0 Å². The average Bonchev–Trinajstić information content (AvgIpc) is 3.11. The lowest BCUT2D eigenvalue weighted by molar-refractivity contribution is 0.101. The summed E-state index contributed by atoms with van der Waals surface area (Å²) in [5.74, 6) is 0. The minimum Gasteiger partial charge on any atom is -0.334 e. The third kappa shape index (κ3) is 3.92. The number of fused-ring (bicyclic) bond motifs is 1. The second-order valence-electron chi connectivity index (χ2n) is 7.92. The maximum atomic E-state index is 12.6. The molecule has 1 aromatic carbocycles. The maximum absolute atomic E-state index is 12.6. The first-order valence-corrected chi connectivity index (χ1v) is 10.5. The van der Waals surface area contributed by atoms with Crippen molar-refractivity contribution in [3.05, 3.63) is 52.8 Å². The van der Waals surface area contributed by atoms with E-state index >= 15 is 0 Å². The summed E-state index contributed by atoms with van der Waals surface area (Å²) < 4.78 is 1.96. The molecule has 150 valence electrons. The van der Waals surface area contributed by atoms with Crippen LogP contribution in [0.15, 0.2) is 30.5 Å². The van der Waals surface area contributed by atoms with Crippen LogP contribution in [0.5, 0.6) is 0 Å². The standard InChI is InChI=1S/C22H31N5O/c1-3-27-17(2)20(16-24-27)15-23-22(28)26-12-10-25(11-13-26)21-9-8-18-6-4-5-7-19(18)14-21/h4-7,16,21H,3,8-15H2,1-2H3,(H,23,28)/t21-/m1/s1. The number of nitrogens with one attached hydrogen (secondary N) is 1. The topological polar surface area (TPSA) is 53.4 Å². The molecule has 1 aromatic heterocycles. The smallest absolute Gasteiger partial charge is 0.317 e. The van der Waals surface area contributed by atoms with Gasteiger partial charge in [-0.2, -0.15) is 5.10 Å². The Hall–Kier alpha value is -2.34. The zero-order chi connectivity index (χ0) is 19.5. The monoisotopic (exact) mass is 381 g/mol. The molecule has 0 saturated carbocycles. The van der Waals surface area contributed by atoms with Gasteiger partial charge < -0.3 is 10.2 Å². The van der Waals surface area contributed by atoms with E-state index in [0.29, 0.717) is 12.6 Å². The number of nitrogens with zero attached hydrogens (tertiary/aromatic N) is 4. The average molecular weight is 382 g/mol. The molecule has 6 heteroatoms. The molecule has 1 saturated heterocycles. The number of amides is 2. The molecular formula is C22H31N5O. The van der Waals surface area contributed by atoms with E-state index in [1.54, 1.807) is 0 Å². The fourth-order valence-electron chi connectivity index (χ4n) is 4.54. The largest absolute Gasteiger partial charge is 0.334 e. The molecule has 2 aromatic rings. The summed E-state index contributed by atoms with van der Waals surface area (Å²) >= 11 is 0. The van der Waals surface area contributed by atoms with E-state index in [1.807, 2.05) is 15.8 Å². The second kappa shape index (κ2) is 8.35. The SMILES string of the molecule is CCn1ncc(CNC(=O)N2CCN([C@@H]3CCc4ccccc4C3)CC2)c1C. The molecular weight excluding hydrogens is 350 g/mol. The van der Waals surface area contributed by atoms with Crippen molar-refractivity contribution in [1.29, 1.82) is 0 Å². The molecule has 28 heavy (non-hydrogen) atoms. The van der Waals surface area contributed by atoms with Crippen LogP contribution in [0.2, 0.25) is 0 Å². The van der Waals surface area contributed by atoms with Crippen LogP contribution >= 0.6 is 0 Å². The Labute approximate surface area is 167 Å². The summed E-state index contributed by atoms with van der Waals surface area (Å²) in [5, 5.41) is 7.42. The van der Waals surface area contributed by atoms with Crippen molar-refractivity contribution in [3.8, 4) is 0 Å². The van der Waals surface area contributed by atoms with Gasteiger partial charge in [-0.05, 0) is 44.2 Å². The van der Waals surface area contributed by atoms with Crippen LogP contribution in [0.25, 0.3) is 0 Å². The van der Waals surface area contributed by atoms with Crippen LogP contribution in [-0.2, 0) is 25.9 Å². The highest BCUT2D eigenvalue weighted by Crippen LogP contribution is 2.25. The summed E-state index contributed by atoms with van der Waals surface area (Å²) in [4.78, 5) is 17.1. The highest BCUT2D eigenvalue weighted by atomic mass is 16.2. The van der Waals surface area contributed by atoms with Gasteiger partial charge >= 0.3 is 6.03 Å². The first kappa shape index (κ1) is 19.0. The number of urea groups is 1. The van der Waals surface area contributed by atoms with Gasteiger partial charge in [-0.3, -0.25) is 9.58 Å². The number of piperazine rings is 1. The van der Waals surface area contributed by atoms with E-state index in [1.165, 1.54) is 24.0 Å². The zero-order valence-electron chi connectivity index (χ0n) is 17.0. The van der Waals surface area contributed by atoms with E-state index in [4.69, 9.17) is 0 Å². The Morgan fingerprint density at radius 3 is 2.64 bits per heavy atom. The summed E-state index contributed by atoms with van der Waals surface area (Å²) in [6.45, 7) is 9.07. The van der Waals surface area contributed by atoms with E-state index in [9.17, 15) is 4.79 Å². The molecule has 4 rings (SSSR count). The lowest BCUT2D eigenvalue weighted by Gasteiger charge is -2.41. The molecule has 6 nitrogen and oxygen atoms in total. The molecule has 0 unspecified atom stereocenters. The predicted molar refractivity (Wildman–Crippen MR) is 110 cm³/mol. The fraction of sp³-hybridized carbons (Fsp3) is 0.545. The van der Waals surface area contributed by atoms with Crippen LogP contribution in [0.3, 0.4) is 0 Å². The Kier molecular flexibility index (Phi) is 5.67. The third-order valence-electron chi connectivity index (χ3n) is 6.37. The van der Waals surface area contributed by atoms with Gasteiger partial charge in [0.1, 0.15) is 0 Å². The minimum absolute atomic E-state index is 0.0392. The summed E-state index contributed by atoms with van der Waals surface area (Å²) in [6.07, 6.45) is 5.40. The Morgan fingerprint density at radius 1 is 1.18 bits per heavy atom. The van der Waals surface area contributed by atoms with Crippen molar-refractivity contribution >= 4 is 6.03 Å². The lowest BCUT2D eigenvalue weighted by Crippen LogP contribution is -2.55. The Bertz CT molecular complexity index is 822. The van der Waals surface area contributed by atoms with Gasteiger partial charge in [0.15, 0.2) is 0 Å². The fourth-order valence-corrected chi connectivity index (χ4v) is 4.54. The van der Waals surface area contributed by atoms with E-state index in [2.05, 4.69) is 53.4 Å². The number of hydrogen-bond donors (Lipinski definition) is 1. The highest BCUT2D eigenvalue weighted by Gasteiger charge is 2.28. The van der Waals surface area contributed by atoms with Crippen molar-refractivity contribution in [3.63, 3.8) is 0 Å². The number of carbonyl (C=O) groups is 1.